The molecule has 0 unspecified atom stereocenters. The SMILES string of the molecule is [CH2-]CC[CH2-].[Li+].[Li+].[Li+].[Li+].c1ccc([CH-][CH-]c2ccccc2)cc1. The summed E-state index contributed by atoms with van der Waals surface area (Å²) < 4.78 is 0. The van der Waals surface area contributed by atoms with Crippen molar-refractivity contribution in [1.29, 1.82) is 0 Å². The maximum absolute atomic E-state index is 3.54. The fourth-order valence-electron chi connectivity index (χ4n) is 1.32. The van der Waals surface area contributed by atoms with E-state index in [4.69, 9.17) is 0 Å². The van der Waals surface area contributed by atoms with E-state index < -0.39 is 0 Å². The zero-order chi connectivity index (χ0) is 13.1. The Labute approximate surface area is 185 Å². The third-order valence-electron chi connectivity index (χ3n) is 2.32. The molecule has 0 nitrogen and oxygen atoms in total. The van der Waals surface area contributed by atoms with Crippen LogP contribution in [0.25, 0.3) is 0 Å². The molecule has 0 aliphatic rings. The van der Waals surface area contributed by atoms with Gasteiger partial charge in [-0.2, -0.15) is 24.3 Å². The predicted octanol–water partition coefficient (Wildman–Crippen LogP) is -7.06. The quantitative estimate of drug-likeness (QED) is 0.380. The Morgan fingerprint density at radius 1 is 0.545 bits per heavy atom. The summed E-state index contributed by atoms with van der Waals surface area (Å²) in [6.07, 6.45) is 6.16. The Bertz CT molecular complexity index is 362. The van der Waals surface area contributed by atoms with Crippen LogP contribution >= 0.6 is 0 Å². The maximum atomic E-state index is 3.54. The molecule has 0 spiro atoms. The van der Waals surface area contributed by atoms with Gasteiger partial charge in [0.25, 0.3) is 0 Å². The van der Waals surface area contributed by atoms with Crippen LogP contribution in [-0.2, 0) is 0 Å². The average molecular weight is 264 g/mol. The minimum Gasteiger partial charge on any atom is -0.346 e. The molecule has 0 bridgehead atoms. The van der Waals surface area contributed by atoms with Crippen molar-refractivity contribution >= 4 is 0 Å². The molecule has 22 heavy (non-hydrogen) atoms. The molecule has 0 amide bonds. The Balaban J connectivity index is -0.000000184. The number of rotatable bonds is 4. The van der Waals surface area contributed by atoms with Gasteiger partial charge in [0.1, 0.15) is 0 Å². The Kier molecular flexibility index (Phi) is 29.9. The molecule has 2 aromatic carbocycles. The summed E-state index contributed by atoms with van der Waals surface area (Å²) in [5.74, 6) is 0. The molecule has 0 aromatic heterocycles. The Morgan fingerprint density at radius 3 is 1.05 bits per heavy atom. The minimum absolute atomic E-state index is 0. The van der Waals surface area contributed by atoms with Gasteiger partial charge in [-0.25, -0.2) is 36.8 Å². The second-order valence-electron chi connectivity index (χ2n) is 3.86. The van der Waals surface area contributed by atoms with Crippen molar-refractivity contribution in [3.8, 4) is 0 Å². The fraction of sp³-hybridized carbons (Fsp3) is 0.111. The van der Waals surface area contributed by atoms with E-state index in [0.29, 0.717) is 0 Å². The van der Waals surface area contributed by atoms with Gasteiger partial charge in [0.05, 0.1) is 0 Å². The van der Waals surface area contributed by atoms with Crippen molar-refractivity contribution in [2.75, 3.05) is 0 Å². The van der Waals surface area contributed by atoms with Gasteiger partial charge in [-0.05, 0) is 0 Å². The summed E-state index contributed by atoms with van der Waals surface area (Å²) in [5.41, 5.74) is 2.47. The predicted molar refractivity (Wildman–Crippen MR) is 79.6 cm³/mol. The van der Waals surface area contributed by atoms with Crippen LogP contribution in [-0.4, -0.2) is 0 Å². The number of hydrogen-bond acceptors (Lipinski definition) is 0. The molecule has 0 atom stereocenters. The normalized spacial score (nSPS) is 7.36. The second-order valence-corrected chi connectivity index (χ2v) is 3.86. The third kappa shape index (κ3) is 15.5. The van der Waals surface area contributed by atoms with Crippen LogP contribution < -0.4 is 75.4 Å². The van der Waals surface area contributed by atoms with Crippen LogP contribution in [0.3, 0.4) is 0 Å². The first-order valence-electron chi connectivity index (χ1n) is 6.23. The van der Waals surface area contributed by atoms with Crippen molar-refractivity contribution in [2.24, 2.45) is 0 Å². The summed E-state index contributed by atoms with van der Waals surface area (Å²) in [7, 11) is 0. The van der Waals surface area contributed by atoms with E-state index in [2.05, 4.69) is 51.0 Å². The minimum atomic E-state index is 0. The van der Waals surface area contributed by atoms with Gasteiger partial charge in [-0.1, -0.05) is 12.1 Å². The first-order chi connectivity index (χ1) is 8.86. The number of unbranched alkanes of at least 4 members (excludes halogenated alkanes) is 1. The summed E-state index contributed by atoms with van der Waals surface area (Å²) in [4.78, 5) is 0. The smallest absolute Gasteiger partial charge is 0.346 e. The van der Waals surface area contributed by atoms with E-state index in [9.17, 15) is 0 Å². The van der Waals surface area contributed by atoms with Gasteiger partial charge in [-0.3, -0.25) is 0 Å². The molecule has 0 aliphatic heterocycles. The van der Waals surface area contributed by atoms with Gasteiger partial charge in [0.15, 0.2) is 0 Å². The molecule has 0 heterocycles. The van der Waals surface area contributed by atoms with Crippen LogP contribution in [0.4, 0.5) is 0 Å². The molecule has 2 aromatic rings. The molecule has 96 valence electrons. The van der Waals surface area contributed by atoms with Gasteiger partial charge < -0.3 is 13.8 Å². The van der Waals surface area contributed by atoms with Crippen LogP contribution in [0.5, 0.6) is 0 Å². The average Bonchev–Trinajstić information content (AvgIpc) is 2.47. The molecule has 0 fully saturated rings. The molecular weight excluding hydrogens is 244 g/mol. The van der Waals surface area contributed by atoms with E-state index in [0.717, 1.165) is 12.8 Å². The van der Waals surface area contributed by atoms with Gasteiger partial charge in [-0.15, -0.1) is 24.3 Å². The first-order valence-corrected chi connectivity index (χ1v) is 6.23. The Hall–Kier alpha value is 0.570. The van der Waals surface area contributed by atoms with E-state index in [1.165, 1.54) is 11.1 Å². The van der Waals surface area contributed by atoms with Gasteiger partial charge in [0.2, 0.25) is 0 Å². The zero-order valence-electron chi connectivity index (χ0n) is 14.8. The number of hydrogen-bond donors (Lipinski definition) is 0. The molecule has 2 rings (SSSR count). The summed E-state index contributed by atoms with van der Waals surface area (Å²) in [5, 5.41) is 0. The van der Waals surface area contributed by atoms with E-state index in [-0.39, 0.29) is 75.4 Å². The van der Waals surface area contributed by atoms with Crippen molar-refractivity contribution in [3.05, 3.63) is 98.5 Å². The van der Waals surface area contributed by atoms with Crippen LogP contribution in [0.1, 0.15) is 24.0 Å². The summed E-state index contributed by atoms with van der Waals surface area (Å²) in [6, 6.07) is 20.6. The zero-order valence-corrected chi connectivity index (χ0v) is 14.8. The monoisotopic (exact) mass is 264 g/mol. The summed E-state index contributed by atoms with van der Waals surface area (Å²) in [6.45, 7) is 7.08. The van der Waals surface area contributed by atoms with Crippen molar-refractivity contribution in [3.63, 3.8) is 0 Å². The van der Waals surface area contributed by atoms with Crippen LogP contribution in [0, 0.1) is 26.7 Å². The Morgan fingerprint density at radius 2 is 0.818 bits per heavy atom. The molecule has 0 radical (unpaired) electrons. The second kappa shape index (κ2) is 21.6. The third-order valence-corrected chi connectivity index (χ3v) is 2.32. The van der Waals surface area contributed by atoms with Crippen LogP contribution in [0.15, 0.2) is 60.7 Å². The van der Waals surface area contributed by atoms with Gasteiger partial charge >= 0.3 is 75.4 Å². The van der Waals surface area contributed by atoms with E-state index in [1.54, 1.807) is 0 Å². The van der Waals surface area contributed by atoms with E-state index in [1.807, 2.05) is 36.4 Å². The molecule has 0 aliphatic carbocycles. The maximum Gasteiger partial charge on any atom is 1.00 e. The topological polar surface area (TPSA) is 0 Å². The first kappa shape index (κ1) is 30.5. The van der Waals surface area contributed by atoms with Crippen molar-refractivity contribution < 1.29 is 75.4 Å². The molecule has 0 saturated heterocycles. The molecule has 0 saturated carbocycles. The van der Waals surface area contributed by atoms with E-state index >= 15 is 0 Å². The molecular formula is C18H20Li4. The van der Waals surface area contributed by atoms with Crippen molar-refractivity contribution in [2.45, 2.75) is 12.8 Å². The number of benzene rings is 2. The summed E-state index contributed by atoms with van der Waals surface area (Å²) >= 11 is 0. The fourth-order valence-corrected chi connectivity index (χ4v) is 1.32. The largest absolute Gasteiger partial charge is 1.00 e. The van der Waals surface area contributed by atoms with Crippen LogP contribution in [0.2, 0.25) is 0 Å². The van der Waals surface area contributed by atoms with Gasteiger partial charge in [0, 0.05) is 0 Å². The molecule has 0 N–H and O–H groups in total. The van der Waals surface area contributed by atoms with Crippen molar-refractivity contribution in [1.82, 2.24) is 0 Å². The standard InChI is InChI=1S/C14H12.C4H8.4Li/c1-3-7-13(8-4-1)11-12-14-9-5-2-6-10-14;1-3-4-2;;;;/h1-12H;1-4H2;;;;/q2*-2;4*+1. The molecule has 4 heteroatoms.